The van der Waals surface area contributed by atoms with E-state index in [1.807, 2.05) is 12.1 Å². The number of hydrogen-bond acceptors (Lipinski definition) is 4. The fraction of sp³-hybridized carbons (Fsp3) is 0.381. The zero-order valence-corrected chi connectivity index (χ0v) is 15.4. The van der Waals surface area contributed by atoms with E-state index in [1.165, 1.54) is 44.0 Å². The van der Waals surface area contributed by atoms with Gasteiger partial charge in [-0.05, 0) is 37.1 Å². The van der Waals surface area contributed by atoms with Crippen molar-refractivity contribution in [1.29, 1.82) is 0 Å². The minimum absolute atomic E-state index is 0.00416. The third kappa shape index (κ3) is 5.62. The highest BCUT2D eigenvalue weighted by Crippen LogP contribution is 2.18. The molecule has 0 aliphatic carbocycles. The van der Waals surface area contributed by atoms with Gasteiger partial charge in [-0.25, -0.2) is 0 Å². The first kappa shape index (κ1) is 19.0. The summed E-state index contributed by atoms with van der Waals surface area (Å²) in [6.07, 6.45) is 3.90. The van der Waals surface area contributed by atoms with Gasteiger partial charge >= 0.3 is 0 Å². The SMILES string of the molecule is O=C(Cc1ccccc1[N+](=O)[O-])NCc1ccc(CN2CCCCC2)cc1. The van der Waals surface area contributed by atoms with Crippen LogP contribution in [0.2, 0.25) is 0 Å². The van der Waals surface area contributed by atoms with E-state index in [1.54, 1.807) is 18.2 Å². The lowest BCUT2D eigenvalue weighted by Gasteiger charge is -2.26. The molecule has 1 amide bonds. The van der Waals surface area contributed by atoms with Crippen LogP contribution in [0.25, 0.3) is 0 Å². The van der Waals surface area contributed by atoms with Crippen molar-refractivity contribution in [2.45, 2.75) is 38.8 Å². The predicted octanol–water partition coefficient (Wildman–Crippen LogP) is 3.44. The zero-order chi connectivity index (χ0) is 19.1. The lowest BCUT2D eigenvalue weighted by Crippen LogP contribution is -2.29. The van der Waals surface area contributed by atoms with E-state index in [0.29, 0.717) is 12.1 Å². The number of carbonyl (C=O) groups excluding carboxylic acids is 1. The highest BCUT2D eigenvalue weighted by molar-refractivity contribution is 5.79. The summed E-state index contributed by atoms with van der Waals surface area (Å²) < 4.78 is 0. The molecule has 0 bridgehead atoms. The standard InChI is InChI=1S/C21H25N3O3/c25-21(14-19-6-2-3-7-20(19)24(26)27)22-15-17-8-10-18(11-9-17)16-23-12-4-1-5-13-23/h2-3,6-11H,1,4-5,12-16H2,(H,22,25). The van der Waals surface area contributed by atoms with Gasteiger partial charge in [0.05, 0.1) is 11.3 Å². The van der Waals surface area contributed by atoms with Crippen molar-refractivity contribution in [3.63, 3.8) is 0 Å². The van der Waals surface area contributed by atoms with Gasteiger partial charge in [0.1, 0.15) is 0 Å². The molecule has 27 heavy (non-hydrogen) atoms. The highest BCUT2D eigenvalue weighted by Gasteiger charge is 2.15. The normalized spacial score (nSPS) is 14.7. The van der Waals surface area contributed by atoms with Crippen molar-refractivity contribution >= 4 is 11.6 Å². The second-order valence-electron chi connectivity index (χ2n) is 6.99. The van der Waals surface area contributed by atoms with E-state index >= 15 is 0 Å². The van der Waals surface area contributed by atoms with Crippen LogP contribution in [0, 0.1) is 10.1 Å². The van der Waals surface area contributed by atoms with Crippen LogP contribution < -0.4 is 5.32 Å². The molecule has 1 aliphatic rings. The number of piperidine rings is 1. The first-order chi connectivity index (χ1) is 13.1. The van der Waals surface area contributed by atoms with Gasteiger partial charge < -0.3 is 5.32 Å². The largest absolute Gasteiger partial charge is 0.352 e. The summed E-state index contributed by atoms with van der Waals surface area (Å²) in [6.45, 7) is 3.74. The Hall–Kier alpha value is -2.73. The molecule has 6 heteroatoms. The van der Waals surface area contributed by atoms with E-state index in [0.717, 1.165) is 12.1 Å². The van der Waals surface area contributed by atoms with Gasteiger partial charge in [0.25, 0.3) is 5.69 Å². The van der Waals surface area contributed by atoms with E-state index in [2.05, 4.69) is 22.3 Å². The summed E-state index contributed by atoms with van der Waals surface area (Å²) in [5, 5.41) is 13.9. The summed E-state index contributed by atoms with van der Waals surface area (Å²) in [7, 11) is 0. The van der Waals surface area contributed by atoms with Crippen LogP contribution in [0.4, 0.5) is 5.69 Å². The Kier molecular flexibility index (Phi) is 6.54. The Balaban J connectivity index is 1.49. The molecule has 0 saturated carbocycles. The molecule has 2 aromatic rings. The summed E-state index contributed by atoms with van der Waals surface area (Å²) >= 11 is 0. The molecule has 1 aliphatic heterocycles. The maximum Gasteiger partial charge on any atom is 0.273 e. The molecule has 1 fully saturated rings. The van der Waals surface area contributed by atoms with Crippen LogP contribution in [0.5, 0.6) is 0 Å². The first-order valence-corrected chi connectivity index (χ1v) is 9.41. The van der Waals surface area contributed by atoms with Gasteiger partial charge in [0.2, 0.25) is 5.91 Å². The highest BCUT2D eigenvalue weighted by atomic mass is 16.6. The molecule has 1 saturated heterocycles. The molecule has 6 nitrogen and oxygen atoms in total. The Morgan fingerprint density at radius 3 is 2.37 bits per heavy atom. The number of carbonyl (C=O) groups is 1. The fourth-order valence-electron chi connectivity index (χ4n) is 3.41. The predicted molar refractivity (Wildman–Crippen MR) is 104 cm³/mol. The molecular weight excluding hydrogens is 342 g/mol. The van der Waals surface area contributed by atoms with Gasteiger partial charge in [0, 0.05) is 24.7 Å². The van der Waals surface area contributed by atoms with Crippen molar-refractivity contribution in [1.82, 2.24) is 10.2 Å². The average molecular weight is 367 g/mol. The molecule has 0 radical (unpaired) electrons. The molecular formula is C21H25N3O3. The molecule has 3 rings (SSSR count). The van der Waals surface area contributed by atoms with Gasteiger partial charge in [-0.2, -0.15) is 0 Å². The number of benzene rings is 2. The van der Waals surface area contributed by atoms with E-state index < -0.39 is 4.92 Å². The van der Waals surface area contributed by atoms with Crippen LogP contribution in [-0.4, -0.2) is 28.8 Å². The number of nitro benzene ring substituents is 1. The Morgan fingerprint density at radius 2 is 1.67 bits per heavy atom. The number of nitro groups is 1. The first-order valence-electron chi connectivity index (χ1n) is 9.41. The van der Waals surface area contributed by atoms with E-state index in [-0.39, 0.29) is 18.0 Å². The Morgan fingerprint density at radius 1 is 1.00 bits per heavy atom. The third-order valence-corrected chi connectivity index (χ3v) is 4.91. The van der Waals surface area contributed by atoms with Crippen molar-refractivity contribution in [2.24, 2.45) is 0 Å². The van der Waals surface area contributed by atoms with Crippen molar-refractivity contribution in [3.05, 3.63) is 75.3 Å². The van der Waals surface area contributed by atoms with Crippen LogP contribution in [0.1, 0.15) is 36.0 Å². The molecule has 0 unspecified atom stereocenters. The quantitative estimate of drug-likeness (QED) is 0.601. The monoisotopic (exact) mass is 367 g/mol. The number of nitrogens with zero attached hydrogens (tertiary/aromatic N) is 2. The minimum atomic E-state index is -0.455. The molecule has 2 aromatic carbocycles. The summed E-state index contributed by atoms with van der Waals surface area (Å²) in [4.78, 5) is 25.2. The lowest BCUT2D eigenvalue weighted by molar-refractivity contribution is -0.385. The van der Waals surface area contributed by atoms with Crippen LogP contribution in [0.15, 0.2) is 48.5 Å². The number of likely N-dealkylation sites (tertiary alicyclic amines) is 1. The van der Waals surface area contributed by atoms with Gasteiger partial charge in [-0.1, -0.05) is 48.9 Å². The molecule has 142 valence electrons. The number of nitrogens with one attached hydrogen (secondary N) is 1. The Labute approximate surface area is 159 Å². The van der Waals surface area contributed by atoms with E-state index in [9.17, 15) is 14.9 Å². The summed E-state index contributed by atoms with van der Waals surface area (Å²) in [5.41, 5.74) is 2.71. The average Bonchev–Trinajstić information content (AvgIpc) is 2.68. The van der Waals surface area contributed by atoms with Crippen LogP contribution in [0.3, 0.4) is 0 Å². The van der Waals surface area contributed by atoms with Gasteiger partial charge in [-0.15, -0.1) is 0 Å². The third-order valence-electron chi connectivity index (χ3n) is 4.91. The van der Waals surface area contributed by atoms with Gasteiger partial charge in [0.15, 0.2) is 0 Å². The van der Waals surface area contributed by atoms with Crippen molar-refractivity contribution < 1.29 is 9.72 Å². The minimum Gasteiger partial charge on any atom is -0.352 e. The Bertz CT molecular complexity index is 784. The second kappa shape index (κ2) is 9.28. The molecule has 0 atom stereocenters. The summed E-state index contributed by atoms with van der Waals surface area (Å²) in [6, 6.07) is 14.6. The maximum atomic E-state index is 12.1. The van der Waals surface area contributed by atoms with Crippen LogP contribution >= 0.6 is 0 Å². The van der Waals surface area contributed by atoms with Crippen molar-refractivity contribution in [3.8, 4) is 0 Å². The summed E-state index contributed by atoms with van der Waals surface area (Å²) in [5.74, 6) is -0.221. The fourth-order valence-corrected chi connectivity index (χ4v) is 3.41. The second-order valence-corrected chi connectivity index (χ2v) is 6.99. The molecule has 1 N–H and O–H groups in total. The molecule has 0 spiro atoms. The van der Waals surface area contributed by atoms with Crippen LogP contribution in [-0.2, 0) is 24.3 Å². The topological polar surface area (TPSA) is 75.5 Å². The number of amides is 1. The molecule has 1 heterocycles. The van der Waals surface area contributed by atoms with E-state index in [4.69, 9.17) is 0 Å². The maximum absolute atomic E-state index is 12.1. The number of rotatable bonds is 7. The zero-order valence-electron chi connectivity index (χ0n) is 15.4. The van der Waals surface area contributed by atoms with Gasteiger partial charge in [-0.3, -0.25) is 19.8 Å². The lowest BCUT2D eigenvalue weighted by atomic mass is 10.1. The van der Waals surface area contributed by atoms with Crippen molar-refractivity contribution in [2.75, 3.05) is 13.1 Å². The molecule has 0 aromatic heterocycles. The smallest absolute Gasteiger partial charge is 0.273 e. The number of para-hydroxylation sites is 1. The number of hydrogen-bond donors (Lipinski definition) is 1.